The van der Waals surface area contributed by atoms with Crippen molar-refractivity contribution in [2.75, 3.05) is 12.3 Å². The number of nitrogens with two attached hydrogens (primary N) is 1. The predicted octanol–water partition coefficient (Wildman–Crippen LogP) is 2.13. The van der Waals surface area contributed by atoms with Crippen molar-refractivity contribution in [2.45, 2.75) is 26.3 Å². The quantitative estimate of drug-likeness (QED) is 0.791. The number of nitrogen functional groups attached to an aromatic ring is 1. The fourth-order valence-electron chi connectivity index (χ4n) is 2.00. The molecule has 0 bridgehead atoms. The van der Waals surface area contributed by atoms with Crippen molar-refractivity contribution >= 4 is 38.9 Å². The summed E-state index contributed by atoms with van der Waals surface area (Å²) in [6.07, 6.45) is 0.259. The molecule has 0 saturated heterocycles. The molecule has 0 spiro atoms. The molecule has 21 heavy (non-hydrogen) atoms. The molecular weight excluding hydrogens is 286 g/mol. The summed E-state index contributed by atoms with van der Waals surface area (Å²) >= 11 is 1.36. The maximum Gasteiger partial charge on any atom is 0.263 e. The first-order chi connectivity index (χ1) is 9.99. The highest BCUT2D eigenvalue weighted by molar-refractivity contribution is 7.21. The molecule has 2 amide bonds. The molecule has 5 nitrogen and oxygen atoms in total. The molecule has 2 rings (SSSR count). The van der Waals surface area contributed by atoms with Gasteiger partial charge in [0.25, 0.3) is 5.91 Å². The van der Waals surface area contributed by atoms with Gasteiger partial charge >= 0.3 is 0 Å². The maximum atomic E-state index is 12.1. The van der Waals surface area contributed by atoms with Crippen LogP contribution in [0.1, 0.15) is 29.9 Å². The summed E-state index contributed by atoms with van der Waals surface area (Å²) in [4.78, 5) is 24.1. The van der Waals surface area contributed by atoms with Crippen LogP contribution in [0.3, 0.4) is 0 Å². The fourth-order valence-corrected chi connectivity index (χ4v) is 3.04. The lowest BCUT2D eigenvalue weighted by atomic mass is 10.2. The highest BCUT2D eigenvalue weighted by Gasteiger charge is 2.16. The zero-order chi connectivity index (χ0) is 15.4. The molecule has 112 valence electrons. The second kappa shape index (κ2) is 6.58. The Labute approximate surface area is 127 Å². The Morgan fingerprint density at radius 1 is 1.29 bits per heavy atom. The van der Waals surface area contributed by atoms with Crippen LogP contribution in [-0.4, -0.2) is 24.4 Å². The van der Waals surface area contributed by atoms with Crippen LogP contribution in [0.5, 0.6) is 0 Å². The lowest BCUT2D eigenvalue weighted by Crippen LogP contribution is -2.34. The number of hydrogen-bond acceptors (Lipinski definition) is 4. The van der Waals surface area contributed by atoms with Gasteiger partial charge in [-0.3, -0.25) is 9.59 Å². The van der Waals surface area contributed by atoms with Gasteiger partial charge in [0.2, 0.25) is 5.91 Å². The minimum absolute atomic E-state index is 0.0744. The summed E-state index contributed by atoms with van der Waals surface area (Å²) in [6.45, 7) is 4.09. The molecule has 2 aromatic rings. The van der Waals surface area contributed by atoms with E-state index in [9.17, 15) is 9.59 Å². The second-order valence-corrected chi connectivity index (χ2v) is 6.12. The van der Waals surface area contributed by atoms with Gasteiger partial charge in [-0.05, 0) is 19.9 Å². The van der Waals surface area contributed by atoms with Crippen LogP contribution in [-0.2, 0) is 4.79 Å². The van der Waals surface area contributed by atoms with E-state index >= 15 is 0 Å². The van der Waals surface area contributed by atoms with Crippen LogP contribution in [0.15, 0.2) is 24.3 Å². The van der Waals surface area contributed by atoms with Crippen LogP contribution in [0.2, 0.25) is 0 Å². The molecule has 1 aromatic carbocycles. The fraction of sp³-hybridized carbons (Fsp3) is 0.333. The Bertz CT molecular complexity index is 664. The summed E-state index contributed by atoms with van der Waals surface area (Å²) in [6, 6.07) is 7.74. The van der Waals surface area contributed by atoms with Crippen LogP contribution in [0.25, 0.3) is 10.1 Å². The minimum atomic E-state index is -0.231. The maximum absolute atomic E-state index is 12.1. The van der Waals surface area contributed by atoms with Crippen LogP contribution < -0.4 is 16.4 Å². The number of fused-ring (bicyclic) bond motifs is 1. The van der Waals surface area contributed by atoms with Crippen molar-refractivity contribution < 1.29 is 9.59 Å². The summed E-state index contributed by atoms with van der Waals surface area (Å²) in [5.41, 5.74) is 6.51. The van der Waals surface area contributed by atoms with Crippen LogP contribution in [0, 0.1) is 0 Å². The first-order valence-corrected chi connectivity index (χ1v) is 7.65. The Morgan fingerprint density at radius 2 is 2.00 bits per heavy atom. The molecule has 0 saturated carbocycles. The number of thiophene rings is 1. The lowest BCUT2D eigenvalue weighted by Gasteiger charge is -2.08. The zero-order valence-corrected chi connectivity index (χ0v) is 12.9. The van der Waals surface area contributed by atoms with Gasteiger partial charge in [-0.25, -0.2) is 0 Å². The van der Waals surface area contributed by atoms with Crippen molar-refractivity contribution in [3.8, 4) is 0 Å². The molecule has 0 aliphatic heterocycles. The monoisotopic (exact) mass is 305 g/mol. The van der Waals surface area contributed by atoms with Gasteiger partial charge in [-0.2, -0.15) is 0 Å². The summed E-state index contributed by atoms with van der Waals surface area (Å²) in [5.74, 6) is -0.305. The molecular formula is C15H19N3O2S. The largest absolute Gasteiger partial charge is 0.397 e. The molecule has 0 aliphatic carbocycles. The summed E-state index contributed by atoms with van der Waals surface area (Å²) < 4.78 is 0.984. The van der Waals surface area contributed by atoms with Crippen molar-refractivity contribution in [1.82, 2.24) is 10.6 Å². The van der Waals surface area contributed by atoms with Gasteiger partial charge in [0.1, 0.15) is 4.88 Å². The van der Waals surface area contributed by atoms with Gasteiger partial charge in [0, 0.05) is 29.1 Å². The van der Waals surface area contributed by atoms with Gasteiger partial charge in [-0.15, -0.1) is 11.3 Å². The topological polar surface area (TPSA) is 84.2 Å². The molecule has 1 heterocycles. The Balaban J connectivity index is 1.96. The highest BCUT2D eigenvalue weighted by atomic mass is 32.1. The third-order valence-corrected chi connectivity index (χ3v) is 4.11. The molecule has 4 N–H and O–H groups in total. The smallest absolute Gasteiger partial charge is 0.263 e. The van der Waals surface area contributed by atoms with E-state index in [0.29, 0.717) is 17.1 Å². The summed E-state index contributed by atoms with van der Waals surface area (Å²) in [7, 11) is 0. The molecule has 0 radical (unpaired) electrons. The Kier molecular flexibility index (Phi) is 4.80. The third-order valence-electron chi connectivity index (χ3n) is 2.93. The average molecular weight is 305 g/mol. The number of carbonyl (C=O) groups is 2. The number of rotatable bonds is 5. The number of anilines is 1. The van der Waals surface area contributed by atoms with Crippen molar-refractivity contribution in [2.24, 2.45) is 0 Å². The standard InChI is InChI=1S/C15H19N3O2S/c1-9(2)18-12(19)7-8-17-15(20)14-13(16)10-5-3-4-6-11(10)21-14/h3-6,9H,7-8,16H2,1-2H3,(H,17,20)(H,18,19). The first-order valence-electron chi connectivity index (χ1n) is 6.83. The third kappa shape index (κ3) is 3.72. The molecule has 0 unspecified atom stereocenters. The SMILES string of the molecule is CC(C)NC(=O)CCNC(=O)c1sc2ccccc2c1N. The lowest BCUT2D eigenvalue weighted by molar-refractivity contribution is -0.121. The predicted molar refractivity (Wildman–Crippen MR) is 86.5 cm³/mol. The van der Waals surface area contributed by atoms with E-state index < -0.39 is 0 Å². The Hall–Kier alpha value is -2.08. The Morgan fingerprint density at radius 3 is 2.67 bits per heavy atom. The summed E-state index contributed by atoms with van der Waals surface area (Å²) in [5, 5.41) is 6.41. The second-order valence-electron chi connectivity index (χ2n) is 5.07. The van der Waals surface area contributed by atoms with Crippen molar-refractivity contribution in [3.05, 3.63) is 29.1 Å². The zero-order valence-electron chi connectivity index (χ0n) is 12.1. The van der Waals surface area contributed by atoms with Crippen LogP contribution in [0.4, 0.5) is 5.69 Å². The number of amides is 2. The number of carbonyl (C=O) groups excluding carboxylic acids is 2. The van der Waals surface area contributed by atoms with E-state index in [1.807, 2.05) is 38.1 Å². The molecule has 0 fully saturated rings. The van der Waals surface area contributed by atoms with Gasteiger partial charge in [-0.1, -0.05) is 18.2 Å². The first kappa shape index (κ1) is 15.3. The van der Waals surface area contributed by atoms with Gasteiger partial charge in [0.05, 0.1) is 5.69 Å². The highest BCUT2D eigenvalue weighted by Crippen LogP contribution is 2.33. The number of hydrogen-bond donors (Lipinski definition) is 3. The molecule has 1 aromatic heterocycles. The van der Waals surface area contributed by atoms with Crippen molar-refractivity contribution in [1.29, 1.82) is 0 Å². The van der Waals surface area contributed by atoms with E-state index in [-0.39, 0.29) is 24.3 Å². The molecule has 0 atom stereocenters. The minimum Gasteiger partial charge on any atom is -0.397 e. The van der Waals surface area contributed by atoms with Crippen molar-refractivity contribution in [3.63, 3.8) is 0 Å². The van der Waals surface area contributed by atoms with E-state index in [1.54, 1.807) is 0 Å². The average Bonchev–Trinajstić information content (AvgIpc) is 2.76. The molecule has 0 aliphatic rings. The number of benzene rings is 1. The van der Waals surface area contributed by atoms with Gasteiger partial charge < -0.3 is 16.4 Å². The van der Waals surface area contributed by atoms with E-state index in [1.165, 1.54) is 11.3 Å². The van der Waals surface area contributed by atoms with E-state index in [4.69, 9.17) is 5.73 Å². The van der Waals surface area contributed by atoms with E-state index in [0.717, 1.165) is 10.1 Å². The van der Waals surface area contributed by atoms with E-state index in [2.05, 4.69) is 10.6 Å². The van der Waals surface area contributed by atoms with Crippen LogP contribution >= 0.6 is 11.3 Å². The van der Waals surface area contributed by atoms with Gasteiger partial charge in [0.15, 0.2) is 0 Å². The molecule has 6 heteroatoms. The number of nitrogens with one attached hydrogen (secondary N) is 2. The normalized spacial score (nSPS) is 10.8.